The fourth-order valence-corrected chi connectivity index (χ4v) is 2.85. The highest BCUT2D eigenvalue weighted by molar-refractivity contribution is 5.30. The lowest BCUT2D eigenvalue weighted by atomic mass is 9.84. The van der Waals surface area contributed by atoms with Crippen LogP contribution in [0.15, 0.2) is 34.9 Å². The van der Waals surface area contributed by atoms with E-state index < -0.39 is 0 Å². The Morgan fingerprint density at radius 3 is 2.76 bits per heavy atom. The van der Waals surface area contributed by atoms with Gasteiger partial charge in [0.1, 0.15) is 0 Å². The molecule has 1 aromatic carbocycles. The summed E-state index contributed by atoms with van der Waals surface area (Å²) < 4.78 is 5.54. The second kappa shape index (κ2) is 5.98. The van der Waals surface area contributed by atoms with Gasteiger partial charge in [-0.3, -0.25) is 0 Å². The molecule has 1 unspecified atom stereocenters. The van der Waals surface area contributed by atoms with Crippen LogP contribution in [0.3, 0.4) is 0 Å². The lowest BCUT2D eigenvalue weighted by Crippen LogP contribution is -2.22. The first kappa shape index (κ1) is 14.3. The van der Waals surface area contributed by atoms with Crippen molar-refractivity contribution < 1.29 is 4.52 Å². The first-order chi connectivity index (χ1) is 10.2. The van der Waals surface area contributed by atoms with E-state index >= 15 is 0 Å². The molecule has 1 aliphatic rings. The van der Waals surface area contributed by atoms with Crippen LogP contribution in [0.25, 0.3) is 0 Å². The predicted molar refractivity (Wildman–Crippen MR) is 82.1 cm³/mol. The first-order valence-electron chi connectivity index (χ1n) is 7.81. The average Bonchev–Trinajstić information content (AvgIpc) is 2.85. The molecule has 0 aliphatic carbocycles. The van der Waals surface area contributed by atoms with E-state index in [0.29, 0.717) is 0 Å². The van der Waals surface area contributed by atoms with Crippen molar-refractivity contribution in [3.63, 3.8) is 0 Å². The number of nitrogens with zero attached hydrogens (tertiary/aromatic N) is 2. The number of benzene rings is 1. The molecule has 0 amide bonds. The quantitative estimate of drug-likeness (QED) is 0.936. The Morgan fingerprint density at radius 2 is 1.95 bits per heavy atom. The Kier molecular flexibility index (Phi) is 4.06. The molecule has 0 spiro atoms. The van der Waals surface area contributed by atoms with Gasteiger partial charge in [-0.15, -0.1) is 0 Å². The summed E-state index contributed by atoms with van der Waals surface area (Å²) in [5.41, 5.74) is 0.958. The van der Waals surface area contributed by atoms with Crippen LogP contribution in [0.1, 0.15) is 62.9 Å². The molecule has 4 heteroatoms. The van der Waals surface area contributed by atoms with Crippen molar-refractivity contribution in [2.45, 2.75) is 51.0 Å². The molecule has 1 aromatic heterocycles. The Morgan fingerprint density at radius 1 is 1.14 bits per heavy atom. The number of hydrogen-bond acceptors (Lipinski definition) is 4. The Labute approximate surface area is 126 Å². The Hall–Kier alpha value is -1.68. The Bertz CT molecular complexity index is 569. The van der Waals surface area contributed by atoms with Crippen molar-refractivity contribution >= 4 is 0 Å². The Balaban J connectivity index is 1.84. The largest absolute Gasteiger partial charge is 0.338 e. The fourth-order valence-electron chi connectivity index (χ4n) is 2.85. The van der Waals surface area contributed by atoms with E-state index in [1.165, 1.54) is 24.8 Å². The minimum atomic E-state index is -0.242. The molecule has 1 aliphatic heterocycles. The third-order valence-electron chi connectivity index (χ3n) is 4.35. The lowest BCUT2D eigenvalue weighted by Gasteiger charge is -2.20. The predicted octanol–water partition coefficient (Wildman–Crippen LogP) is 3.60. The molecule has 3 rings (SSSR count). The van der Waals surface area contributed by atoms with Crippen molar-refractivity contribution in [2.75, 3.05) is 6.54 Å². The van der Waals surface area contributed by atoms with Gasteiger partial charge in [-0.05, 0) is 38.8 Å². The van der Waals surface area contributed by atoms with Gasteiger partial charge in [0, 0.05) is 0 Å². The van der Waals surface area contributed by atoms with E-state index in [0.717, 1.165) is 24.7 Å². The minimum Gasteiger partial charge on any atom is -0.338 e. The highest BCUT2D eigenvalue weighted by Gasteiger charge is 2.30. The third-order valence-corrected chi connectivity index (χ3v) is 4.35. The van der Waals surface area contributed by atoms with Crippen molar-refractivity contribution in [3.05, 3.63) is 47.6 Å². The summed E-state index contributed by atoms with van der Waals surface area (Å²) in [7, 11) is 0. The molecule has 2 aromatic rings. The van der Waals surface area contributed by atoms with Gasteiger partial charge < -0.3 is 9.84 Å². The van der Waals surface area contributed by atoms with Crippen LogP contribution in [0, 0.1) is 0 Å². The number of hydrogen-bond donors (Lipinski definition) is 1. The van der Waals surface area contributed by atoms with Gasteiger partial charge in [0.05, 0.1) is 11.5 Å². The molecule has 1 atom stereocenters. The van der Waals surface area contributed by atoms with Crippen molar-refractivity contribution in [3.8, 4) is 0 Å². The van der Waals surface area contributed by atoms with E-state index in [9.17, 15) is 0 Å². The minimum absolute atomic E-state index is 0.209. The molecular formula is C17H23N3O. The number of nitrogens with one attached hydrogen (secondary N) is 1. The maximum Gasteiger partial charge on any atom is 0.243 e. The highest BCUT2D eigenvalue weighted by Crippen LogP contribution is 2.30. The molecule has 1 fully saturated rings. The lowest BCUT2D eigenvalue weighted by molar-refractivity contribution is 0.321. The van der Waals surface area contributed by atoms with E-state index in [-0.39, 0.29) is 11.5 Å². The maximum absolute atomic E-state index is 5.54. The van der Waals surface area contributed by atoms with E-state index in [1.807, 2.05) is 18.2 Å². The van der Waals surface area contributed by atoms with Gasteiger partial charge in [0.2, 0.25) is 5.89 Å². The number of rotatable bonds is 3. The van der Waals surface area contributed by atoms with Crippen LogP contribution < -0.4 is 5.32 Å². The zero-order valence-corrected chi connectivity index (χ0v) is 12.8. The van der Waals surface area contributed by atoms with Crippen LogP contribution in [0.2, 0.25) is 0 Å². The summed E-state index contributed by atoms with van der Waals surface area (Å²) in [6.07, 6.45) is 4.80. The van der Waals surface area contributed by atoms with E-state index in [2.05, 4.69) is 41.4 Å². The number of aromatic nitrogens is 2. The third kappa shape index (κ3) is 3.00. The summed E-state index contributed by atoms with van der Waals surface area (Å²) in [6.45, 7) is 5.30. The first-order valence-corrected chi connectivity index (χ1v) is 7.81. The monoisotopic (exact) mass is 285 g/mol. The summed E-state index contributed by atoms with van der Waals surface area (Å²) in [6, 6.07) is 10.5. The molecule has 2 heterocycles. The van der Waals surface area contributed by atoms with E-state index in [4.69, 9.17) is 4.52 Å². The summed E-state index contributed by atoms with van der Waals surface area (Å²) >= 11 is 0. The molecule has 21 heavy (non-hydrogen) atoms. The summed E-state index contributed by atoms with van der Waals surface area (Å²) in [5, 5.41) is 7.75. The molecule has 4 nitrogen and oxygen atoms in total. The van der Waals surface area contributed by atoms with Crippen LogP contribution in [0.4, 0.5) is 0 Å². The second-order valence-electron chi connectivity index (χ2n) is 6.30. The van der Waals surface area contributed by atoms with Gasteiger partial charge >= 0.3 is 0 Å². The topological polar surface area (TPSA) is 51.0 Å². The van der Waals surface area contributed by atoms with E-state index in [1.54, 1.807) is 0 Å². The van der Waals surface area contributed by atoms with Crippen LogP contribution in [-0.4, -0.2) is 16.7 Å². The van der Waals surface area contributed by atoms with Gasteiger partial charge in [-0.2, -0.15) is 4.98 Å². The summed E-state index contributed by atoms with van der Waals surface area (Å²) in [5.74, 6) is 1.49. The van der Waals surface area contributed by atoms with Gasteiger partial charge in [0.25, 0.3) is 0 Å². The highest BCUT2D eigenvalue weighted by atomic mass is 16.5. The van der Waals surface area contributed by atoms with Gasteiger partial charge in [-0.1, -0.05) is 48.3 Å². The van der Waals surface area contributed by atoms with Crippen molar-refractivity contribution in [1.29, 1.82) is 0 Å². The molecule has 0 bridgehead atoms. The standard InChI is InChI=1S/C17H23N3O/c1-17(2,13-9-5-3-6-10-13)16-19-15(21-20-16)14-11-7-4-8-12-18-14/h3,5-6,9-10,14,18H,4,7-8,11-12H2,1-2H3. The second-order valence-corrected chi connectivity index (χ2v) is 6.30. The fraction of sp³-hybridized carbons (Fsp3) is 0.529. The van der Waals surface area contributed by atoms with Gasteiger partial charge in [-0.25, -0.2) is 0 Å². The molecule has 0 saturated carbocycles. The van der Waals surface area contributed by atoms with Gasteiger partial charge in [0.15, 0.2) is 5.82 Å². The van der Waals surface area contributed by atoms with Crippen LogP contribution in [0.5, 0.6) is 0 Å². The summed E-state index contributed by atoms with van der Waals surface area (Å²) in [4.78, 5) is 4.68. The molecule has 112 valence electrons. The normalized spacial score (nSPS) is 20.2. The average molecular weight is 285 g/mol. The van der Waals surface area contributed by atoms with Crippen molar-refractivity contribution in [2.24, 2.45) is 0 Å². The van der Waals surface area contributed by atoms with Crippen LogP contribution >= 0.6 is 0 Å². The molecule has 0 radical (unpaired) electrons. The smallest absolute Gasteiger partial charge is 0.243 e. The zero-order chi connectivity index (χ0) is 14.7. The molecular weight excluding hydrogens is 262 g/mol. The van der Waals surface area contributed by atoms with Crippen LogP contribution in [-0.2, 0) is 5.41 Å². The zero-order valence-electron chi connectivity index (χ0n) is 12.8. The molecule has 1 N–H and O–H groups in total. The van der Waals surface area contributed by atoms with Crippen molar-refractivity contribution in [1.82, 2.24) is 15.5 Å². The molecule has 1 saturated heterocycles. The maximum atomic E-state index is 5.54. The SMILES string of the molecule is CC(C)(c1ccccc1)c1noc(C2CCCCCN2)n1.